The van der Waals surface area contributed by atoms with E-state index in [1.807, 2.05) is 44.2 Å². The maximum Gasteiger partial charge on any atom is 0.234 e. The van der Waals surface area contributed by atoms with Crippen molar-refractivity contribution in [2.24, 2.45) is 0 Å². The van der Waals surface area contributed by atoms with Gasteiger partial charge in [0.25, 0.3) is 0 Å². The number of amides is 1. The average Bonchev–Trinajstić information content (AvgIpc) is 2.98. The van der Waals surface area contributed by atoms with Crippen LogP contribution >= 0.6 is 11.8 Å². The molecule has 0 unspecified atom stereocenters. The molecule has 25 heavy (non-hydrogen) atoms. The molecular weight excluding hydrogens is 336 g/mol. The third-order valence-corrected chi connectivity index (χ3v) is 4.58. The van der Waals surface area contributed by atoms with Gasteiger partial charge in [0.1, 0.15) is 5.69 Å². The number of carbonyl (C=O) groups excluding carboxylic acids is 1. The number of carbonyl (C=O) groups is 1. The van der Waals surface area contributed by atoms with Gasteiger partial charge in [0.2, 0.25) is 16.9 Å². The fourth-order valence-electron chi connectivity index (χ4n) is 2.36. The Morgan fingerprint density at radius 1 is 1.16 bits per heavy atom. The van der Waals surface area contributed by atoms with E-state index in [0.29, 0.717) is 16.7 Å². The van der Waals surface area contributed by atoms with Gasteiger partial charge in [-0.1, -0.05) is 36.0 Å². The number of hydrogen-bond donors (Lipinski definition) is 2. The molecule has 0 saturated carbocycles. The summed E-state index contributed by atoms with van der Waals surface area (Å²) in [7, 11) is 0. The monoisotopic (exact) mass is 354 g/mol. The molecule has 2 heterocycles. The van der Waals surface area contributed by atoms with Crippen LogP contribution in [0.5, 0.6) is 0 Å². The largest absolute Gasteiger partial charge is 0.335 e. The highest BCUT2D eigenvalue weighted by Gasteiger charge is 2.15. The van der Waals surface area contributed by atoms with Gasteiger partial charge >= 0.3 is 0 Å². The van der Waals surface area contributed by atoms with Crippen molar-refractivity contribution in [3.8, 4) is 11.5 Å². The zero-order valence-electron chi connectivity index (χ0n) is 13.9. The summed E-state index contributed by atoms with van der Waals surface area (Å²) in [6.45, 7) is 3.93. The Morgan fingerprint density at radius 3 is 2.60 bits per heavy atom. The average molecular weight is 354 g/mol. The van der Waals surface area contributed by atoms with Crippen molar-refractivity contribution in [3.05, 3.63) is 53.7 Å². The lowest BCUT2D eigenvalue weighted by Gasteiger charge is -2.11. The number of pyridine rings is 1. The van der Waals surface area contributed by atoms with E-state index >= 15 is 0 Å². The van der Waals surface area contributed by atoms with Crippen LogP contribution in [-0.4, -0.2) is 31.5 Å². The Hall–Kier alpha value is -2.87. The van der Waals surface area contributed by atoms with Gasteiger partial charge in [0, 0.05) is 11.9 Å². The van der Waals surface area contributed by atoms with Crippen molar-refractivity contribution in [2.75, 3.05) is 16.9 Å². The third kappa shape index (κ3) is 3.80. The highest BCUT2D eigenvalue weighted by molar-refractivity contribution is 7.99. The van der Waals surface area contributed by atoms with Gasteiger partial charge in [-0.25, -0.2) is 4.68 Å². The number of benzene rings is 1. The van der Waals surface area contributed by atoms with E-state index in [9.17, 15) is 4.79 Å². The first-order valence-electron chi connectivity index (χ1n) is 7.67. The van der Waals surface area contributed by atoms with Crippen LogP contribution < -0.4 is 11.2 Å². The summed E-state index contributed by atoms with van der Waals surface area (Å²) in [5.41, 5.74) is 3.52. The van der Waals surface area contributed by atoms with E-state index in [1.54, 1.807) is 12.3 Å². The fraction of sp³-hybridized carbons (Fsp3) is 0.176. The number of aromatic nitrogens is 4. The number of anilines is 1. The number of nitrogens with zero attached hydrogens (tertiary/aromatic N) is 4. The standard InChI is InChI=1S/C17H18N6OS/c1-11-6-5-7-12(2)15(11)20-14(24)10-25-17-22-21-16(23(17)18)13-8-3-4-9-19-13/h3-9H,10,18H2,1-2H3,(H,20,24). The first-order chi connectivity index (χ1) is 12.1. The second-order valence-corrected chi connectivity index (χ2v) is 6.44. The Labute approximate surface area is 149 Å². The summed E-state index contributed by atoms with van der Waals surface area (Å²) in [5, 5.41) is 11.5. The zero-order valence-corrected chi connectivity index (χ0v) is 14.7. The van der Waals surface area contributed by atoms with Crippen LogP contribution in [0.15, 0.2) is 47.8 Å². The van der Waals surface area contributed by atoms with E-state index in [1.165, 1.54) is 16.4 Å². The summed E-state index contributed by atoms with van der Waals surface area (Å²) in [6, 6.07) is 11.4. The molecule has 128 valence electrons. The smallest absolute Gasteiger partial charge is 0.234 e. The first-order valence-corrected chi connectivity index (χ1v) is 8.65. The lowest BCUT2D eigenvalue weighted by Crippen LogP contribution is -2.17. The molecule has 0 saturated heterocycles. The van der Waals surface area contributed by atoms with Gasteiger partial charge < -0.3 is 11.2 Å². The van der Waals surface area contributed by atoms with E-state index < -0.39 is 0 Å². The molecule has 1 aromatic carbocycles. The summed E-state index contributed by atoms with van der Waals surface area (Å²) in [6.07, 6.45) is 1.66. The molecule has 0 fully saturated rings. The molecular formula is C17H18N6OS. The predicted octanol–water partition coefficient (Wildman–Crippen LogP) is 2.40. The van der Waals surface area contributed by atoms with E-state index in [0.717, 1.165) is 16.8 Å². The lowest BCUT2D eigenvalue weighted by molar-refractivity contribution is -0.113. The number of nitrogens with one attached hydrogen (secondary N) is 1. The Kier molecular flexibility index (Phi) is 4.99. The van der Waals surface area contributed by atoms with E-state index in [4.69, 9.17) is 5.84 Å². The molecule has 8 heteroatoms. The first kappa shape index (κ1) is 17.0. The maximum atomic E-state index is 12.2. The third-order valence-electron chi connectivity index (χ3n) is 3.64. The topological polar surface area (TPSA) is 98.7 Å². The minimum absolute atomic E-state index is 0.121. The number of rotatable bonds is 5. The van der Waals surface area contributed by atoms with Crippen LogP contribution in [-0.2, 0) is 4.79 Å². The molecule has 3 N–H and O–H groups in total. The second kappa shape index (κ2) is 7.35. The van der Waals surface area contributed by atoms with Gasteiger partial charge in [-0.2, -0.15) is 0 Å². The summed E-state index contributed by atoms with van der Waals surface area (Å²) < 4.78 is 1.35. The van der Waals surface area contributed by atoms with Gasteiger partial charge in [-0.05, 0) is 37.1 Å². The minimum atomic E-state index is -0.121. The SMILES string of the molecule is Cc1cccc(C)c1NC(=O)CSc1nnc(-c2ccccn2)n1N. The molecule has 0 atom stereocenters. The van der Waals surface area contributed by atoms with Gasteiger partial charge in [-0.3, -0.25) is 9.78 Å². The maximum absolute atomic E-state index is 12.2. The molecule has 0 spiro atoms. The predicted molar refractivity (Wildman–Crippen MR) is 98.7 cm³/mol. The Bertz CT molecular complexity index is 873. The van der Waals surface area contributed by atoms with E-state index in [2.05, 4.69) is 20.5 Å². The van der Waals surface area contributed by atoms with Crippen molar-refractivity contribution in [2.45, 2.75) is 19.0 Å². The zero-order chi connectivity index (χ0) is 17.8. The fourth-order valence-corrected chi connectivity index (χ4v) is 3.02. The number of nitrogens with two attached hydrogens (primary N) is 1. The molecule has 3 rings (SSSR count). The van der Waals surface area contributed by atoms with Crippen LogP contribution in [0.1, 0.15) is 11.1 Å². The number of para-hydroxylation sites is 1. The van der Waals surface area contributed by atoms with Crippen molar-refractivity contribution < 1.29 is 4.79 Å². The minimum Gasteiger partial charge on any atom is -0.335 e. The molecule has 0 aliphatic carbocycles. The molecule has 1 amide bonds. The van der Waals surface area contributed by atoms with Gasteiger partial charge in [-0.15, -0.1) is 10.2 Å². The summed E-state index contributed by atoms with van der Waals surface area (Å²) in [5.74, 6) is 6.54. The molecule has 7 nitrogen and oxygen atoms in total. The summed E-state index contributed by atoms with van der Waals surface area (Å²) >= 11 is 1.23. The Balaban J connectivity index is 1.66. The number of hydrogen-bond acceptors (Lipinski definition) is 6. The molecule has 2 aromatic heterocycles. The number of aryl methyl sites for hydroxylation is 2. The van der Waals surface area contributed by atoms with Crippen molar-refractivity contribution in [1.29, 1.82) is 0 Å². The Morgan fingerprint density at radius 2 is 1.92 bits per heavy atom. The highest BCUT2D eigenvalue weighted by atomic mass is 32.2. The molecule has 0 aliphatic heterocycles. The normalized spacial score (nSPS) is 10.6. The van der Waals surface area contributed by atoms with Crippen LogP contribution in [0, 0.1) is 13.8 Å². The van der Waals surface area contributed by atoms with Crippen LogP contribution in [0.25, 0.3) is 11.5 Å². The molecule has 3 aromatic rings. The van der Waals surface area contributed by atoms with Crippen molar-refractivity contribution in [3.63, 3.8) is 0 Å². The summed E-state index contributed by atoms with van der Waals surface area (Å²) in [4.78, 5) is 16.4. The van der Waals surface area contributed by atoms with E-state index in [-0.39, 0.29) is 11.7 Å². The molecule has 0 bridgehead atoms. The van der Waals surface area contributed by atoms with Crippen LogP contribution in [0.4, 0.5) is 5.69 Å². The highest BCUT2D eigenvalue weighted by Crippen LogP contribution is 2.22. The number of thioether (sulfide) groups is 1. The molecule has 0 radical (unpaired) electrons. The van der Waals surface area contributed by atoms with Crippen molar-refractivity contribution in [1.82, 2.24) is 19.9 Å². The number of nitrogen functional groups attached to an aromatic ring is 1. The van der Waals surface area contributed by atoms with Gasteiger partial charge in [0.15, 0.2) is 0 Å². The van der Waals surface area contributed by atoms with Crippen LogP contribution in [0.3, 0.4) is 0 Å². The van der Waals surface area contributed by atoms with Crippen LogP contribution in [0.2, 0.25) is 0 Å². The second-order valence-electron chi connectivity index (χ2n) is 5.49. The quantitative estimate of drug-likeness (QED) is 0.539. The lowest BCUT2D eigenvalue weighted by atomic mass is 10.1. The molecule has 0 aliphatic rings. The van der Waals surface area contributed by atoms with Gasteiger partial charge in [0.05, 0.1) is 5.75 Å². The van der Waals surface area contributed by atoms with Crippen molar-refractivity contribution >= 4 is 23.4 Å².